The van der Waals surface area contributed by atoms with Crippen molar-refractivity contribution in [2.45, 2.75) is 38.3 Å². The summed E-state index contributed by atoms with van der Waals surface area (Å²) < 4.78 is 13.8. The summed E-state index contributed by atoms with van der Waals surface area (Å²) in [6.07, 6.45) is 5.18. The first-order valence-corrected chi connectivity index (χ1v) is 7.98. The predicted octanol–water partition coefficient (Wildman–Crippen LogP) is 3.44. The van der Waals surface area contributed by atoms with E-state index in [0.717, 1.165) is 31.2 Å². The van der Waals surface area contributed by atoms with Crippen molar-refractivity contribution in [3.05, 3.63) is 34.6 Å². The zero-order valence-electron chi connectivity index (χ0n) is 11.7. The molecule has 2 fully saturated rings. The van der Waals surface area contributed by atoms with Gasteiger partial charge < -0.3 is 5.32 Å². The van der Waals surface area contributed by atoms with Crippen molar-refractivity contribution in [1.29, 1.82) is 0 Å². The van der Waals surface area contributed by atoms with Gasteiger partial charge in [-0.2, -0.15) is 0 Å². The van der Waals surface area contributed by atoms with Gasteiger partial charge in [-0.25, -0.2) is 4.39 Å². The molecule has 2 aliphatic rings. The lowest BCUT2D eigenvalue weighted by Gasteiger charge is -2.33. The van der Waals surface area contributed by atoms with E-state index in [9.17, 15) is 4.39 Å². The van der Waals surface area contributed by atoms with Crippen molar-refractivity contribution < 1.29 is 4.39 Å². The van der Waals surface area contributed by atoms with E-state index < -0.39 is 0 Å². The molecule has 1 aromatic rings. The number of hydrogen-bond acceptors (Lipinski definition) is 2. The molecular formula is C16H22ClFN2. The van der Waals surface area contributed by atoms with Gasteiger partial charge in [0.2, 0.25) is 0 Å². The molecule has 3 rings (SSSR count). The highest BCUT2D eigenvalue weighted by Crippen LogP contribution is 2.23. The fraction of sp³-hybridized carbons (Fsp3) is 0.625. The summed E-state index contributed by atoms with van der Waals surface area (Å²) in [7, 11) is 0. The van der Waals surface area contributed by atoms with Crippen LogP contribution >= 0.6 is 11.6 Å². The maximum Gasteiger partial charge on any atom is 0.129 e. The Morgan fingerprint density at radius 1 is 1.30 bits per heavy atom. The highest BCUT2D eigenvalue weighted by atomic mass is 35.5. The van der Waals surface area contributed by atoms with E-state index in [0.29, 0.717) is 17.5 Å². The van der Waals surface area contributed by atoms with Gasteiger partial charge in [-0.15, -0.1) is 0 Å². The minimum absolute atomic E-state index is 0.185. The Labute approximate surface area is 125 Å². The van der Waals surface area contributed by atoms with Gasteiger partial charge in [0, 0.05) is 29.7 Å². The molecular weight excluding hydrogens is 275 g/mol. The molecule has 0 amide bonds. The third-order valence-electron chi connectivity index (χ3n) is 4.28. The van der Waals surface area contributed by atoms with Crippen LogP contribution in [0.3, 0.4) is 0 Å². The molecule has 1 atom stereocenters. The second-order valence-corrected chi connectivity index (χ2v) is 6.60. The summed E-state index contributed by atoms with van der Waals surface area (Å²) in [6.45, 7) is 3.96. The predicted molar refractivity (Wildman–Crippen MR) is 80.4 cm³/mol. The van der Waals surface area contributed by atoms with Crippen molar-refractivity contribution in [2.75, 3.05) is 19.6 Å². The van der Waals surface area contributed by atoms with Crippen molar-refractivity contribution in [3.63, 3.8) is 0 Å². The lowest BCUT2D eigenvalue weighted by molar-refractivity contribution is 0.163. The molecule has 4 heteroatoms. The maximum absolute atomic E-state index is 13.8. The van der Waals surface area contributed by atoms with Crippen LogP contribution in [-0.4, -0.2) is 30.6 Å². The van der Waals surface area contributed by atoms with Gasteiger partial charge in [0.1, 0.15) is 5.82 Å². The molecule has 0 radical (unpaired) electrons. The lowest BCUT2D eigenvalue weighted by atomic mass is 9.97. The number of nitrogens with one attached hydrogen (secondary N) is 1. The molecule has 1 aliphatic carbocycles. The number of benzene rings is 1. The number of likely N-dealkylation sites (tertiary alicyclic amines) is 1. The summed E-state index contributed by atoms with van der Waals surface area (Å²) in [5, 5.41) is 4.08. The van der Waals surface area contributed by atoms with E-state index in [4.69, 9.17) is 11.6 Å². The minimum atomic E-state index is -0.185. The minimum Gasteiger partial charge on any atom is -0.314 e. The van der Waals surface area contributed by atoms with Crippen molar-refractivity contribution >= 4 is 11.6 Å². The summed E-state index contributed by atoms with van der Waals surface area (Å²) >= 11 is 5.80. The average Bonchev–Trinajstić information content (AvgIpc) is 3.24. The second kappa shape index (κ2) is 6.42. The normalized spacial score (nSPS) is 24.0. The Morgan fingerprint density at radius 3 is 2.90 bits per heavy atom. The molecule has 0 aromatic heterocycles. The highest BCUT2D eigenvalue weighted by Gasteiger charge is 2.25. The molecule has 2 nitrogen and oxygen atoms in total. The van der Waals surface area contributed by atoms with E-state index in [1.54, 1.807) is 6.07 Å². The van der Waals surface area contributed by atoms with Crippen LogP contribution in [-0.2, 0) is 6.54 Å². The fourth-order valence-corrected chi connectivity index (χ4v) is 3.13. The van der Waals surface area contributed by atoms with Crippen molar-refractivity contribution in [1.82, 2.24) is 10.2 Å². The third-order valence-corrected chi connectivity index (χ3v) is 4.52. The van der Waals surface area contributed by atoms with Gasteiger partial charge in [-0.05, 0) is 56.8 Å². The monoisotopic (exact) mass is 296 g/mol. The van der Waals surface area contributed by atoms with Crippen LogP contribution in [0.2, 0.25) is 5.02 Å². The summed E-state index contributed by atoms with van der Waals surface area (Å²) in [4.78, 5) is 2.37. The van der Waals surface area contributed by atoms with Crippen LogP contribution in [0.4, 0.5) is 4.39 Å². The summed E-state index contributed by atoms with van der Waals surface area (Å²) in [6, 6.07) is 5.77. The molecule has 110 valence electrons. The van der Waals surface area contributed by atoms with E-state index in [1.807, 2.05) is 6.07 Å². The fourth-order valence-electron chi connectivity index (χ4n) is 2.97. The lowest BCUT2D eigenvalue weighted by Crippen LogP contribution is -2.39. The first-order valence-electron chi connectivity index (χ1n) is 7.60. The quantitative estimate of drug-likeness (QED) is 0.895. The van der Waals surface area contributed by atoms with Crippen LogP contribution in [0, 0.1) is 11.7 Å². The van der Waals surface area contributed by atoms with Gasteiger partial charge in [-0.3, -0.25) is 4.90 Å². The number of hydrogen-bond donors (Lipinski definition) is 1. The van der Waals surface area contributed by atoms with Gasteiger partial charge in [-0.1, -0.05) is 17.7 Å². The Hall–Kier alpha value is -0.640. The van der Waals surface area contributed by atoms with E-state index >= 15 is 0 Å². The molecule has 0 bridgehead atoms. The van der Waals surface area contributed by atoms with Gasteiger partial charge in [0.05, 0.1) is 0 Å². The highest BCUT2D eigenvalue weighted by molar-refractivity contribution is 6.30. The van der Waals surface area contributed by atoms with Crippen LogP contribution in [0.5, 0.6) is 0 Å². The molecule has 1 aliphatic heterocycles. The Balaban J connectivity index is 1.53. The van der Waals surface area contributed by atoms with E-state index in [1.165, 1.54) is 31.7 Å². The Bertz CT molecular complexity index is 462. The van der Waals surface area contributed by atoms with Crippen LogP contribution < -0.4 is 5.32 Å². The van der Waals surface area contributed by atoms with E-state index in [-0.39, 0.29) is 5.82 Å². The van der Waals surface area contributed by atoms with Gasteiger partial charge in [0.15, 0.2) is 0 Å². The zero-order chi connectivity index (χ0) is 13.9. The van der Waals surface area contributed by atoms with Crippen LogP contribution in [0.1, 0.15) is 31.2 Å². The largest absolute Gasteiger partial charge is 0.314 e. The van der Waals surface area contributed by atoms with Gasteiger partial charge in [0.25, 0.3) is 0 Å². The SMILES string of the molecule is Fc1cc(Cl)ccc1CN1CCCC(CNC2CC2)C1. The first kappa shape index (κ1) is 14.3. The van der Waals surface area contributed by atoms with Gasteiger partial charge >= 0.3 is 0 Å². The third kappa shape index (κ3) is 3.94. The topological polar surface area (TPSA) is 15.3 Å². The first-order chi connectivity index (χ1) is 9.70. The van der Waals surface area contributed by atoms with Crippen molar-refractivity contribution in [3.8, 4) is 0 Å². The number of halogens is 2. The smallest absolute Gasteiger partial charge is 0.129 e. The molecule has 1 saturated heterocycles. The molecule has 1 N–H and O–H groups in total. The zero-order valence-corrected chi connectivity index (χ0v) is 12.5. The molecule has 1 heterocycles. The molecule has 1 saturated carbocycles. The Morgan fingerprint density at radius 2 is 2.15 bits per heavy atom. The molecule has 20 heavy (non-hydrogen) atoms. The molecule has 1 aromatic carbocycles. The number of piperidine rings is 1. The summed E-state index contributed by atoms with van der Waals surface area (Å²) in [5.74, 6) is 0.524. The second-order valence-electron chi connectivity index (χ2n) is 6.16. The maximum atomic E-state index is 13.8. The van der Waals surface area contributed by atoms with E-state index in [2.05, 4.69) is 10.2 Å². The standard InChI is InChI=1S/C16H22ClFN2/c17-14-4-3-13(16(18)8-14)11-20-7-1-2-12(10-20)9-19-15-5-6-15/h3-4,8,12,15,19H,1-2,5-7,9-11H2. The molecule has 1 unspecified atom stereocenters. The van der Waals surface area contributed by atoms with Crippen molar-refractivity contribution in [2.24, 2.45) is 5.92 Å². The van der Waals surface area contributed by atoms with Crippen LogP contribution in [0.15, 0.2) is 18.2 Å². The van der Waals surface area contributed by atoms with Crippen LogP contribution in [0.25, 0.3) is 0 Å². The number of rotatable bonds is 5. The Kier molecular flexibility index (Phi) is 4.59. The molecule has 0 spiro atoms. The summed E-state index contributed by atoms with van der Waals surface area (Å²) in [5.41, 5.74) is 0.755. The number of nitrogens with zero attached hydrogens (tertiary/aromatic N) is 1. The average molecular weight is 297 g/mol.